The molecule has 2 saturated heterocycles. The molecule has 27 heavy (non-hydrogen) atoms. The highest BCUT2D eigenvalue weighted by Crippen LogP contribution is 2.40. The van der Waals surface area contributed by atoms with Crippen LogP contribution >= 0.6 is 0 Å². The van der Waals surface area contributed by atoms with Crippen molar-refractivity contribution in [2.75, 3.05) is 53.0 Å². The number of amides is 2. The number of benzene rings is 1. The molecule has 148 valence electrons. The Hall–Kier alpha value is -1.96. The zero-order chi connectivity index (χ0) is 19.4. The van der Waals surface area contributed by atoms with Gasteiger partial charge in [0.05, 0.1) is 38.4 Å². The molecule has 1 aromatic carbocycles. The van der Waals surface area contributed by atoms with Gasteiger partial charge in [-0.2, -0.15) is 0 Å². The van der Waals surface area contributed by atoms with Crippen LogP contribution in [0.1, 0.15) is 18.4 Å². The van der Waals surface area contributed by atoms with Crippen molar-refractivity contribution in [3.8, 4) is 0 Å². The minimum absolute atomic E-state index is 0.0266. The molecule has 2 aliphatic heterocycles. The maximum atomic E-state index is 12.6. The van der Waals surface area contributed by atoms with E-state index < -0.39 is 0 Å². The molecule has 0 unspecified atom stereocenters. The summed E-state index contributed by atoms with van der Waals surface area (Å²) in [7, 11) is 1.79. The van der Waals surface area contributed by atoms with Crippen molar-refractivity contribution in [2.45, 2.75) is 24.9 Å². The zero-order valence-corrected chi connectivity index (χ0v) is 16.1. The molecule has 2 aliphatic rings. The molecule has 7 heteroatoms. The van der Waals surface area contributed by atoms with Crippen LogP contribution in [0.15, 0.2) is 30.3 Å². The Kier molecular flexibility index (Phi) is 6.46. The van der Waals surface area contributed by atoms with Gasteiger partial charge in [0.2, 0.25) is 11.8 Å². The lowest BCUT2D eigenvalue weighted by Gasteiger charge is -2.55. The molecule has 1 aromatic rings. The van der Waals surface area contributed by atoms with Gasteiger partial charge in [-0.25, -0.2) is 0 Å². The maximum absolute atomic E-state index is 12.6. The third kappa shape index (κ3) is 4.31. The van der Waals surface area contributed by atoms with Crippen LogP contribution in [0.25, 0.3) is 0 Å². The SMILES string of the molecule is CC(=O)N1[C@H](CO)[C@@H](c2ccccc2)[C@@H]1CN(C)C(=O)CN1CCOCC1. The Morgan fingerprint density at radius 3 is 2.44 bits per heavy atom. The summed E-state index contributed by atoms with van der Waals surface area (Å²) in [5.74, 6) is -0.00124. The summed E-state index contributed by atoms with van der Waals surface area (Å²) in [4.78, 5) is 30.3. The van der Waals surface area contributed by atoms with Gasteiger partial charge in [-0.15, -0.1) is 0 Å². The fraction of sp³-hybridized carbons (Fsp3) is 0.600. The minimum atomic E-state index is -0.238. The number of ether oxygens (including phenoxy) is 1. The third-order valence-corrected chi connectivity index (χ3v) is 5.63. The molecule has 0 spiro atoms. The summed E-state index contributed by atoms with van der Waals surface area (Å²) in [5, 5.41) is 9.82. The fourth-order valence-electron chi connectivity index (χ4n) is 4.19. The molecule has 0 radical (unpaired) electrons. The van der Waals surface area contributed by atoms with Gasteiger partial charge in [0, 0.05) is 39.5 Å². The van der Waals surface area contributed by atoms with Gasteiger partial charge < -0.3 is 19.6 Å². The maximum Gasteiger partial charge on any atom is 0.236 e. The number of nitrogens with zero attached hydrogens (tertiary/aromatic N) is 3. The van der Waals surface area contributed by atoms with E-state index in [0.29, 0.717) is 26.3 Å². The average molecular weight is 375 g/mol. The lowest BCUT2D eigenvalue weighted by atomic mass is 9.75. The Morgan fingerprint density at radius 1 is 1.19 bits per heavy atom. The lowest BCUT2D eigenvalue weighted by molar-refractivity contribution is -0.152. The number of carbonyl (C=O) groups is 2. The standard InChI is InChI=1S/C20H29N3O4/c1-15(25)23-17(20(18(23)14-24)16-6-4-3-5-7-16)12-21(2)19(26)13-22-8-10-27-11-9-22/h3-7,17-18,20,24H,8-14H2,1-2H3/t17-,18+,20-/m0/s1. The van der Waals surface area contributed by atoms with E-state index >= 15 is 0 Å². The Bertz CT molecular complexity index is 648. The molecular weight excluding hydrogens is 346 g/mol. The second-order valence-corrected chi connectivity index (χ2v) is 7.34. The molecule has 0 saturated carbocycles. The normalized spacial score (nSPS) is 25.7. The number of likely N-dealkylation sites (tertiary alicyclic amines) is 1. The first kappa shape index (κ1) is 19.8. The molecule has 7 nitrogen and oxygen atoms in total. The first-order valence-corrected chi connectivity index (χ1v) is 9.51. The zero-order valence-electron chi connectivity index (χ0n) is 16.1. The Labute approximate surface area is 160 Å². The first-order chi connectivity index (χ1) is 13.0. The molecule has 1 N–H and O–H groups in total. The van der Waals surface area contributed by atoms with Gasteiger partial charge in [0.1, 0.15) is 0 Å². The summed E-state index contributed by atoms with van der Waals surface area (Å²) in [5.41, 5.74) is 1.09. The fourth-order valence-corrected chi connectivity index (χ4v) is 4.19. The molecule has 3 rings (SSSR count). The Balaban J connectivity index is 1.69. The van der Waals surface area contributed by atoms with Gasteiger partial charge in [-0.1, -0.05) is 30.3 Å². The van der Waals surface area contributed by atoms with E-state index in [1.165, 1.54) is 6.92 Å². The molecule has 0 bridgehead atoms. The van der Waals surface area contributed by atoms with Crippen molar-refractivity contribution in [2.24, 2.45) is 0 Å². The van der Waals surface area contributed by atoms with Crippen LogP contribution in [0, 0.1) is 0 Å². The van der Waals surface area contributed by atoms with Crippen molar-refractivity contribution in [1.29, 1.82) is 0 Å². The van der Waals surface area contributed by atoms with Crippen molar-refractivity contribution in [3.63, 3.8) is 0 Å². The topological polar surface area (TPSA) is 73.3 Å². The number of likely N-dealkylation sites (N-methyl/N-ethyl adjacent to an activating group) is 1. The van der Waals surface area contributed by atoms with Gasteiger partial charge in [0.15, 0.2) is 0 Å². The van der Waals surface area contributed by atoms with E-state index in [-0.39, 0.29) is 36.4 Å². The van der Waals surface area contributed by atoms with Crippen LogP contribution in [0.5, 0.6) is 0 Å². The lowest BCUT2D eigenvalue weighted by Crippen LogP contribution is -2.68. The van der Waals surface area contributed by atoms with E-state index in [0.717, 1.165) is 18.7 Å². The van der Waals surface area contributed by atoms with Crippen molar-refractivity contribution < 1.29 is 19.4 Å². The van der Waals surface area contributed by atoms with E-state index in [9.17, 15) is 14.7 Å². The van der Waals surface area contributed by atoms with Crippen LogP contribution in [0.2, 0.25) is 0 Å². The molecule has 2 fully saturated rings. The van der Waals surface area contributed by atoms with Crippen LogP contribution in [-0.2, 0) is 14.3 Å². The highest BCUT2D eigenvalue weighted by atomic mass is 16.5. The number of aliphatic hydroxyl groups is 1. The number of aliphatic hydroxyl groups excluding tert-OH is 1. The highest BCUT2D eigenvalue weighted by Gasteiger charge is 2.50. The van der Waals surface area contributed by atoms with E-state index in [1.54, 1.807) is 16.8 Å². The third-order valence-electron chi connectivity index (χ3n) is 5.63. The summed E-state index contributed by atoms with van der Waals surface area (Å²) in [6.07, 6.45) is 0. The first-order valence-electron chi connectivity index (χ1n) is 9.51. The number of rotatable bonds is 6. The predicted octanol–water partition coefficient (Wildman–Crippen LogP) is 0.152. The van der Waals surface area contributed by atoms with Crippen LogP contribution in [-0.4, -0.2) is 96.8 Å². The number of morpholine rings is 1. The number of carbonyl (C=O) groups excluding carboxylic acids is 2. The second kappa shape index (κ2) is 8.82. The Morgan fingerprint density at radius 2 is 1.85 bits per heavy atom. The predicted molar refractivity (Wildman–Crippen MR) is 101 cm³/mol. The molecule has 0 aliphatic carbocycles. The quantitative estimate of drug-likeness (QED) is 0.766. The van der Waals surface area contributed by atoms with Crippen molar-refractivity contribution in [1.82, 2.24) is 14.7 Å². The summed E-state index contributed by atoms with van der Waals surface area (Å²) in [6.45, 7) is 5.11. The van der Waals surface area contributed by atoms with Gasteiger partial charge in [0.25, 0.3) is 0 Å². The van der Waals surface area contributed by atoms with Gasteiger partial charge in [-0.05, 0) is 5.56 Å². The average Bonchev–Trinajstić information content (AvgIpc) is 2.65. The second-order valence-electron chi connectivity index (χ2n) is 7.34. The van der Waals surface area contributed by atoms with Gasteiger partial charge >= 0.3 is 0 Å². The van der Waals surface area contributed by atoms with E-state index in [2.05, 4.69) is 4.90 Å². The van der Waals surface area contributed by atoms with E-state index in [4.69, 9.17) is 4.74 Å². The minimum Gasteiger partial charge on any atom is -0.394 e. The molecular formula is C20H29N3O4. The van der Waals surface area contributed by atoms with Crippen LogP contribution in [0.4, 0.5) is 0 Å². The van der Waals surface area contributed by atoms with Gasteiger partial charge in [-0.3, -0.25) is 14.5 Å². The molecule has 2 heterocycles. The summed E-state index contributed by atoms with van der Waals surface area (Å²) in [6, 6.07) is 9.56. The summed E-state index contributed by atoms with van der Waals surface area (Å²) < 4.78 is 5.33. The van der Waals surface area contributed by atoms with Crippen molar-refractivity contribution in [3.05, 3.63) is 35.9 Å². The molecule has 0 aromatic heterocycles. The molecule has 2 amide bonds. The van der Waals surface area contributed by atoms with E-state index in [1.807, 2.05) is 30.3 Å². The van der Waals surface area contributed by atoms with Crippen LogP contribution in [0.3, 0.4) is 0 Å². The highest BCUT2D eigenvalue weighted by molar-refractivity contribution is 5.79. The van der Waals surface area contributed by atoms with Crippen molar-refractivity contribution >= 4 is 11.8 Å². The largest absolute Gasteiger partial charge is 0.394 e. The smallest absolute Gasteiger partial charge is 0.236 e. The van der Waals surface area contributed by atoms with Crippen LogP contribution < -0.4 is 0 Å². The monoisotopic (exact) mass is 375 g/mol. The summed E-state index contributed by atoms with van der Waals surface area (Å²) >= 11 is 0. The number of hydrogen-bond acceptors (Lipinski definition) is 5. The number of hydrogen-bond donors (Lipinski definition) is 1. The molecule has 3 atom stereocenters.